The zero-order valence-corrected chi connectivity index (χ0v) is 14.8. The molecule has 2 fully saturated rings. The van der Waals surface area contributed by atoms with E-state index in [-0.39, 0.29) is 17.6 Å². The highest BCUT2D eigenvalue weighted by Crippen LogP contribution is 2.31. The zero-order valence-electron chi connectivity index (χ0n) is 14.8. The molecular weight excluding hydrogens is 308 g/mol. The van der Waals surface area contributed by atoms with Crippen molar-refractivity contribution in [1.29, 1.82) is 0 Å². The molecule has 2 aliphatic rings. The molecule has 1 unspecified atom stereocenters. The summed E-state index contributed by atoms with van der Waals surface area (Å²) in [6, 6.07) is -0.806. The summed E-state index contributed by atoms with van der Waals surface area (Å²) in [5, 5.41) is 0. The van der Waals surface area contributed by atoms with Gasteiger partial charge in [-0.1, -0.05) is 27.0 Å². The molecule has 24 heavy (non-hydrogen) atoms. The molecule has 0 aromatic carbocycles. The summed E-state index contributed by atoms with van der Waals surface area (Å²) >= 11 is 0. The largest absolute Gasteiger partial charge is 0.368 e. The number of likely N-dealkylation sites (tertiary alicyclic amines) is 1. The number of carbonyl (C=O) groups excluding carboxylic acids is 2. The second kappa shape index (κ2) is 6.84. The van der Waals surface area contributed by atoms with Gasteiger partial charge >= 0.3 is 6.03 Å². The number of rotatable bonds is 5. The predicted octanol–water partition coefficient (Wildman–Crippen LogP) is 0.634. The number of morpholine rings is 1. The third-order valence-electron chi connectivity index (χ3n) is 4.76. The summed E-state index contributed by atoms with van der Waals surface area (Å²) in [6.45, 7) is 14.5. The van der Waals surface area contributed by atoms with Crippen molar-refractivity contribution < 1.29 is 14.3 Å². The summed E-state index contributed by atoms with van der Waals surface area (Å²) < 4.78 is 5.92. The van der Waals surface area contributed by atoms with E-state index >= 15 is 0 Å². The zero-order chi connectivity index (χ0) is 18.1. The molecule has 2 rings (SSSR count). The minimum atomic E-state index is -0.613. The fourth-order valence-corrected chi connectivity index (χ4v) is 3.50. The van der Waals surface area contributed by atoms with Crippen LogP contribution in [0.2, 0.25) is 0 Å². The number of hydrogen-bond acceptors (Lipinski definition) is 4. The van der Waals surface area contributed by atoms with Crippen molar-refractivity contribution in [3.63, 3.8) is 0 Å². The molecule has 0 aromatic heterocycles. The first kappa shape index (κ1) is 18.3. The molecular formula is C17H28N4O3. The smallest absolute Gasteiger partial charge is 0.320 e. The van der Waals surface area contributed by atoms with Crippen molar-refractivity contribution in [3.8, 4) is 0 Å². The minimum Gasteiger partial charge on any atom is -0.368 e. The molecule has 0 bridgehead atoms. The average Bonchev–Trinajstić information content (AvgIpc) is 2.50. The number of nitrogens with two attached hydrogens (primary N) is 1. The van der Waals surface area contributed by atoms with Gasteiger partial charge in [0.25, 0.3) is 0 Å². The van der Waals surface area contributed by atoms with Crippen molar-refractivity contribution in [1.82, 2.24) is 14.7 Å². The van der Waals surface area contributed by atoms with Crippen LogP contribution >= 0.6 is 0 Å². The predicted molar refractivity (Wildman–Crippen MR) is 92.1 cm³/mol. The Labute approximate surface area is 143 Å². The number of urea groups is 1. The van der Waals surface area contributed by atoms with Crippen LogP contribution in [0.3, 0.4) is 0 Å². The lowest BCUT2D eigenvalue weighted by molar-refractivity contribution is -0.167. The van der Waals surface area contributed by atoms with Crippen LogP contribution < -0.4 is 5.73 Å². The van der Waals surface area contributed by atoms with E-state index in [2.05, 4.69) is 18.1 Å². The Hall–Kier alpha value is -2.02. The van der Waals surface area contributed by atoms with E-state index in [0.29, 0.717) is 26.2 Å². The van der Waals surface area contributed by atoms with Gasteiger partial charge < -0.3 is 25.2 Å². The van der Waals surface area contributed by atoms with Crippen molar-refractivity contribution in [2.45, 2.75) is 25.5 Å². The highest BCUT2D eigenvalue weighted by Gasteiger charge is 2.50. The Morgan fingerprint density at radius 3 is 2.38 bits per heavy atom. The normalized spacial score (nSPS) is 20.5. The number of ether oxygens (including phenoxy) is 1. The van der Waals surface area contributed by atoms with Crippen molar-refractivity contribution in [2.75, 3.05) is 39.8 Å². The summed E-state index contributed by atoms with van der Waals surface area (Å²) in [6.07, 6.45) is 1.73. The maximum Gasteiger partial charge on any atom is 0.320 e. The summed E-state index contributed by atoms with van der Waals surface area (Å²) in [5.74, 6) is -0.525. The highest BCUT2D eigenvalue weighted by atomic mass is 16.5. The van der Waals surface area contributed by atoms with Gasteiger partial charge in [0.05, 0.1) is 26.2 Å². The highest BCUT2D eigenvalue weighted by molar-refractivity contribution is 5.86. The third kappa shape index (κ3) is 3.40. The monoisotopic (exact) mass is 336 g/mol. The van der Waals surface area contributed by atoms with E-state index in [1.807, 2.05) is 13.8 Å². The quantitative estimate of drug-likeness (QED) is 0.747. The van der Waals surface area contributed by atoms with Gasteiger partial charge in [-0.2, -0.15) is 0 Å². The Bertz CT molecular complexity index is 540. The van der Waals surface area contributed by atoms with E-state index in [0.717, 1.165) is 12.2 Å². The summed E-state index contributed by atoms with van der Waals surface area (Å²) in [7, 11) is 1.62. The Balaban J connectivity index is 1.97. The number of primary amides is 1. The Morgan fingerprint density at radius 2 is 1.88 bits per heavy atom. The number of carbonyl (C=O) groups is 2. The standard InChI is InChI=1S/C17H28N4O3/c1-6-13(4)20-7-8-24-17(9-20)10-21(11-17)16(23)19(5)14(12(2)3)15(18)22/h6,12,14H,1,4,7-11H2,2-3,5H3,(H2,18,22). The third-order valence-corrected chi connectivity index (χ3v) is 4.76. The van der Waals surface area contributed by atoms with Crippen molar-refractivity contribution in [2.24, 2.45) is 11.7 Å². The van der Waals surface area contributed by atoms with Crippen LogP contribution in [0.15, 0.2) is 24.9 Å². The van der Waals surface area contributed by atoms with Gasteiger partial charge in [-0.3, -0.25) is 4.79 Å². The molecule has 1 atom stereocenters. The number of amides is 3. The van der Waals surface area contributed by atoms with E-state index in [9.17, 15) is 9.59 Å². The summed E-state index contributed by atoms with van der Waals surface area (Å²) in [5.41, 5.74) is 5.95. The number of nitrogens with zero attached hydrogens (tertiary/aromatic N) is 3. The lowest BCUT2D eigenvalue weighted by Crippen LogP contribution is -2.72. The van der Waals surface area contributed by atoms with Crippen LogP contribution in [0.5, 0.6) is 0 Å². The lowest BCUT2D eigenvalue weighted by Gasteiger charge is -2.55. The van der Waals surface area contributed by atoms with Crippen LogP contribution in [0.25, 0.3) is 0 Å². The van der Waals surface area contributed by atoms with Gasteiger partial charge in [0.2, 0.25) is 5.91 Å². The number of likely N-dealkylation sites (N-methyl/N-ethyl adjacent to an activating group) is 1. The van der Waals surface area contributed by atoms with Crippen LogP contribution in [-0.2, 0) is 9.53 Å². The molecule has 0 saturated carbocycles. The topological polar surface area (TPSA) is 79.1 Å². The number of allylic oxidation sites excluding steroid dienone is 1. The summed E-state index contributed by atoms with van der Waals surface area (Å²) in [4.78, 5) is 29.5. The van der Waals surface area contributed by atoms with Gasteiger partial charge in [-0.25, -0.2) is 4.79 Å². The molecule has 134 valence electrons. The lowest BCUT2D eigenvalue weighted by atomic mass is 9.91. The van der Waals surface area contributed by atoms with Crippen molar-refractivity contribution in [3.05, 3.63) is 24.9 Å². The Kier molecular flexibility index (Phi) is 5.22. The fraction of sp³-hybridized carbons (Fsp3) is 0.647. The van der Waals surface area contributed by atoms with Crippen molar-refractivity contribution >= 4 is 11.9 Å². The molecule has 0 aliphatic carbocycles. The van der Waals surface area contributed by atoms with Crippen LogP contribution in [0.1, 0.15) is 13.8 Å². The van der Waals surface area contributed by atoms with Gasteiger partial charge in [0.15, 0.2) is 0 Å². The van der Waals surface area contributed by atoms with Gasteiger partial charge in [-0.05, 0) is 12.0 Å². The Morgan fingerprint density at radius 1 is 1.29 bits per heavy atom. The molecule has 3 amide bonds. The fourth-order valence-electron chi connectivity index (χ4n) is 3.50. The van der Waals surface area contributed by atoms with Crippen LogP contribution in [0, 0.1) is 5.92 Å². The van der Waals surface area contributed by atoms with Crippen LogP contribution in [0.4, 0.5) is 4.79 Å². The van der Waals surface area contributed by atoms with E-state index in [1.54, 1.807) is 18.0 Å². The maximum absolute atomic E-state index is 12.6. The molecule has 1 spiro atoms. The van der Waals surface area contributed by atoms with Gasteiger partial charge in [-0.15, -0.1) is 0 Å². The first-order chi connectivity index (χ1) is 11.2. The molecule has 0 radical (unpaired) electrons. The second-order valence-corrected chi connectivity index (χ2v) is 6.99. The molecule has 2 saturated heterocycles. The van der Waals surface area contributed by atoms with Gasteiger partial charge in [0, 0.05) is 19.3 Å². The number of hydrogen-bond donors (Lipinski definition) is 1. The SMILES string of the molecule is C=CC(=C)N1CCOC2(C1)CN(C(=O)N(C)C(C(N)=O)C(C)C)C2. The molecule has 7 heteroatoms. The van der Waals surface area contributed by atoms with E-state index in [4.69, 9.17) is 10.5 Å². The minimum absolute atomic E-state index is 0.0379. The van der Waals surface area contributed by atoms with Crippen LogP contribution in [-0.4, -0.2) is 78.1 Å². The molecule has 0 aromatic rings. The van der Waals surface area contributed by atoms with E-state index in [1.165, 1.54) is 4.90 Å². The average molecular weight is 336 g/mol. The molecule has 2 heterocycles. The first-order valence-corrected chi connectivity index (χ1v) is 8.22. The maximum atomic E-state index is 12.6. The van der Waals surface area contributed by atoms with Gasteiger partial charge in [0.1, 0.15) is 11.6 Å². The van der Waals surface area contributed by atoms with E-state index < -0.39 is 11.9 Å². The first-order valence-electron chi connectivity index (χ1n) is 8.22. The molecule has 2 aliphatic heterocycles. The molecule has 7 nitrogen and oxygen atoms in total. The molecule has 2 N–H and O–H groups in total. The second-order valence-electron chi connectivity index (χ2n) is 6.99.